The van der Waals surface area contributed by atoms with Crippen LogP contribution in [0, 0.1) is 0 Å². The molecule has 0 N–H and O–H groups in total. The molecule has 1 aromatic carbocycles. The molecule has 0 atom stereocenters. The third-order valence-electron chi connectivity index (χ3n) is 3.29. The molecule has 0 bridgehead atoms. The average molecular weight is 334 g/mol. The molecule has 0 aliphatic rings. The van der Waals surface area contributed by atoms with Gasteiger partial charge in [-0.1, -0.05) is 23.7 Å². The molecule has 0 radical (unpaired) electrons. The Bertz CT molecular complexity index is 897. The maximum Gasteiger partial charge on any atom is 0.175 e. The van der Waals surface area contributed by atoms with Crippen LogP contribution in [0.5, 0.6) is 0 Å². The average Bonchev–Trinajstić information content (AvgIpc) is 2.97. The first-order valence-electron chi connectivity index (χ1n) is 6.44. The van der Waals surface area contributed by atoms with Crippen molar-refractivity contribution in [1.29, 1.82) is 0 Å². The highest BCUT2D eigenvalue weighted by atomic mass is 35.5. The number of nitrogens with zero attached hydrogens (tertiary/aromatic N) is 1. The summed E-state index contributed by atoms with van der Waals surface area (Å²) >= 11 is 5.80. The van der Waals surface area contributed by atoms with E-state index in [0.717, 1.165) is 22.3 Å². The third-order valence-corrected chi connectivity index (χ3v) is 4.65. The van der Waals surface area contributed by atoms with Gasteiger partial charge >= 0.3 is 0 Å². The Morgan fingerprint density at radius 3 is 2.09 bits per heavy atom. The first-order chi connectivity index (χ1) is 10.4. The van der Waals surface area contributed by atoms with E-state index >= 15 is 0 Å². The first-order valence-corrected chi connectivity index (χ1v) is 8.71. The Kier molecular flexibility index (Phi) is 3.76. The van der Waals surface area contributed by atoms with E-state index in [1.165, 1.54) is 6.26 Å². The molecule has 4 nitrogen and oxygen atoms in total. The minimum atomic E-state index is -3.20. The number of furan rings is 1. The van der Waals surface area contributed by atoms with E-state index in [9.17, 15) is 8.42 Å². The number of aromatic nitrogens is 1. The molecule has 22 heavy (non-hydrogen) atoms. The van der Waals surface area contributed by atoms with Crippen molar-refractivity contribution in [2.45, 2.75) is 4.90 Å². The van der Waals surface area contributed by atoms with Gasteiger partial charge in [0.2, 0.25) is 0 Å². The zero-order valence-corrected chi connectivity index (χ0v) is 13.2. The van der Waals surface area contributed by atoms with Crippen molar-refractivity contribution in [3.05, 3.63) is 60.3 Å². The van der Waals surface area contributed by atoms with Gasteiger partial charge < -0.3 is 4.42 Å². The molecule has 112 valence electrons. The predicted octanol–water partition coefficient (Wildman–Crippen LogP) is 4.07. The highest BCUT2D eigenvalue weighted by Gasteiger charge is 2.12. The van der Waals surface area contributed by atoms with Gasteiger partial charge in [-0.05, 0) is 29.8 Å². The highest BCUT2D eigenvalue weighted by molar-refractivity contribution is 7.90. The standard InChI is InChI=1S/C16H12ClNO3S/c1-22(19,20)13-5-2-11(3-6-13)14-9-21-10-15(14)12-4-7-16(17)18-8-12/h2-10H,1H3. The van der Waals surface area contributed by atoms with E-state index < -0.39 is 9.84 Å². The van der Waals surface area contributed by atoms with Crippen molar-refractivity contribution in [1.82, 2.24) is 4.98 Å². The van der Waals surface area contributed by atoms with Crippen molar-refractivity contribution in [2.75, 3.05) is 6.26 Å². The summed E-state index contributed by atoms with van der Waals surface area (Å²) in [6.07, 6.45) is 6.11. The minimum Gasteiger partial charge on any atom is -0.471 e. The van der Waals surface area contributed by atoms with Gasteiger partial charge in [0.15, 0.2) is 9.84 Å². The van der Waals surface area contributed by atoms with Gasteiger partial charge in [0, 0.05) is 29.1 Å². The molecule has 0 spiro atoms. The fourth-order valence-corrected chi connectivity index (χ4v) is 2.90. The van der Waals surface area contributed by atoms with E-state index in [4.69, 9.17) is 16.0 Å². The van der Waals surface area contributed by atoms with Crippen LogP contribution in [0.15, 0.2) is 64.4 Å². The van der Waals surface area contributed by atoms with Crippen LogP contribution >= 0.6 is 11.6 Å². The van der Waals surface area contributed by atoms with Crippen molar-refractivity contribution in [2.24, 2.45) is 0 Å². The predicted molar refractivity (Wildman–Crippen MR) is 85.5 cm³/mol. The molecular formula is C16H12ClNO3S. The lowest BCUT2D eigenvalue weighted by Gasteiger charge is -2.04. The topological polar surface area (TPSA) is 60.2 Å². The normalized spacial score (nSPS) is 11.5. The third kappa shape index (κ3) is 2.91. The fraction of sp³-hybridized carbons (Fsp3) is 0.0625. The molecule has 3 rings (SSSR count). The van der Waals surface area contributed by atoms with E-state index in [1.807, 2.05) is 6.07 Å². The van der Waals surface area contributed by atoms with E-state index in [0.29, 0.717) is 5.15 Å². The van der Waals surface area contributed by atoms with Crippen molar-refractivity contribution in [3.63, 3.8) is 0 Å². The van der Waals surface area contributed by atoms with Crippen LogP contribution < -0.4 is 0 Å². The van der Waals surface area contributed by atoms with Crippen molar-refractivity contribution in [3.8, 4) is 22.3 Å². The largest absolute Gasteiger partial charge is 0.471 e. The summed E-state index contributed by atoms with van der Waals surface area (Å²) in [5, 5.41) is 0.423. The quantitative estimate of drug-likeness (QED) is 0.678. The summed E-state index contributed by atoms with van der Waals surface area (Å²) in [7, 11) is -3.20. The van der Waals surface area contributed by atoms with Crippen LogP contribution in [0.2, 0.25) is 5.15 Å². The maximum absolute atomic E-state index is 11.5. The minimum absolute atomic E-state index is 0.287. The monoisotopic (exact) mass is 333 g/mol. The lowest BCUT2D eigenvalue weighted by molar-refractivity contribution is 0.569. The molecule has 0 aliphatic heterocycles. The van der Waals surface area contributed by atoms with Gasteiger partial charge in [-0.3, -0.25) is 0 Å². The van der Waals surface area contributed by atoms with Gasteiger partial charge in [0.25, 0.3) is 0 Å². The van der Waals surface area contributed by atoms with Crippen LogP contribution in [0.3, 0.4) is 0 Å². The molecule has 2 heterocycles. The second-order valence-electron chi connectivity index (χ2n) is 4.87. The number of rotatable bonds is 3. The molecule has 0 unspecified atom stereocenters. The lowest BCUT2D eigenvalue weighted by Crippen LogP contribution is -1.96. The first kappa shape index (κ1) is 14.8. The number of hydrogen-bond acceptors (Lipinski definition) is 4. The Morgan fingerprint density at radius 1 is 0.955 bits per heavy atom. The number of pyridine rings is 1. The second kappa shape index (κ2) is 5.59. The van der Waals surface area contributed by atoms with Crippen LogP contribution in [0.25, 0.3) is 22.3 Å². The Labute approximate surface area is 133 Å². The van der Waals surface area contributed by atoms with E-state index in [-0.39, 0.29) is 4.90 Å². The fourth-order valence-electron chi connectivity index (χ4n) is 2.16. The molecule has 0 saturated carbocycles. The molecule has 0 fully saturated rings. The zero-order chi connectivity index (χ0) is 15.7. The molecule has 0 aliphatic carbocycles. The Balaban J connectivity index is 2.03. The Hall–Kier alpha value is -2.11. The maximum atomic E-state index is 11.5. The molecule has 3 aromatic rings. The molecule has 0 saturated heterocycles. The summed E-state index contributed by atoms with van der Waals surface area (Å²) in [5.74, 6) is 0. The van der Waals surface area contributed by atoms with Gasteiger partial charge in [0.1, 0.15) is 5.15 Å². The summed E-state index contributed by atoms with van der Waals surface area (Å²) in [6, 6.07) is 10.3. The number of benzene rings is 1. The summed E-state index contributed by atoms with van der Waals surface area (Å²) in [6.45, 7) is 0. The van der Waals surface area contributed by atoms with Crippen molar-refractivity contribution < 1.29 is 12.8 Å². The van der Waals surface area contributed by atoms with Gasteiger partial charge in [-0.25, -0.2) is 13.4 Å². The zero-order valence-electron chi connectivity index (χ0n) is 11.7. The molecular weight excluding hydrogens is 322 g/mol. The van der Waals surface area contributed by atoms with Gasteiger partial charge in [-0.15, -0.1) is 0 Å². The van der Waals surface area contributed by atoms with E-state index in [2.05, 4.69) is 4.98 Å². The SMILES string of the molecule is CS(=O)(=O)c1ccc(-c2cocc2-c2ccc(Cl)nc2)cc1. The van der Waals surface area contributed by atoms with Crippen LogP contribution in [0.1, 0.15) is 0 Å². The van der Waals surface area contributed by atoms with Gasteiger partial charge in [-0.2, -0.15) is 0 Å². The van der Waals surface area contributed by atoms with Crippen LogP contribution in [-0.2, 0) is 9.84 Å². The molecule has 6 heteroatoms. The number of halogens is 1. The van der Waals surface area contributed by atoms with E-state index in [1.54, 1.807) is 49.1 Å². The number of hydrogen-bond donors (Lipinski definition) is 0. The van der Waals surface area contributed by atoms with Crippen molar-refractivity contribution >= 4 is 21.4 Å². The van der Waals surface area contributed by atoms with Crippen LogP contribution in [0.4, 0.5) is 0 Å². The smallest absolute Gasteiger partial charge is 0.175 e. The summed E-state index contributed by atoms with van der Waals surface area (Å²) in [5.41, 5.74) is 3.48. The molecule has 2 aromatic heterocycles. The second-order valence-corrected chi connectivity index (χ2v) is 7.27. The highest BCUT2D eigenvalue weighted by Crippen LogP contribution is 2.33. The molecule has 0 amide bonds. The summed E-state index contributed by atoms with van der Waals surface area (Å²) < 4.78 is 28.3. The Morgan fingerprint density at radius 2 is 1.55 bits per heavy atom. The van der Waals surface area contributed by atoms with Crippen LogP contribution in [-0.4, -0.2) is 19.7 Å². The lowest BCUT2D eigenvalue weighted by atomic mass is 10.0. The number of sulfone groups is 1. The van der Waals surface area contributed by atoms with Gasteiger partial charge in [0.05, 0.1) is 17.4 Å². The summed E-state index contributed by atoms with van der Waals surface area (Å²) in [4.78, 5) is 4.35.